The fourth-order valence-corrected chi connectivity index (χ4v) is 4.17. The largest absolute Gasteiger partial charge is 0.316 e. The number of fused-ring (bicyclic) bond motifs is 1. The first kappa shape index (κ1) is 12.9. The van der Waals surface area contributed by atoms with Crippen LogP contribution in [0.5, 0.6) is 0 Å². The second-order valence-electron chi connectivity index (χ2n) is 7.06. The summed E-state index contributed by atoms with van der Waals surface area (Å²) in [5, 5.41) is 3.54. The summed E-state index contributed by atoms with van der Waals surface area (Å²) in [5.74, 6) is 2.73. The van der Waals surface area contributed by atoms with Gasteiger partial charge in [-0.3, -0.25) is 4.90 Å². The number of hydrogen-bond donors (Lipinski definition) is 1. The van der Waals surface area contributed by atoms with Crippen molar-refractivity contribution in [3.63, 3.8) is 0 Å². The van der Waals surface area contributed by atoms with E-state index in [1.54, 1.807) is 0 Å². The molecule has 3 fully saturated rings. The second-order valence-corrected chi connectivity index (χ2v) is 7.06. The van der Waals surface area contributed by atoms with E-state index in [9.17, 15) is 0 Å². The van der Waals surface area contributed by atoms with Crippen molar-refractivity contribution in [3.8, 4) is 0 Å². The summed E-state index contributed by atoms with van der Waals surface area (Å²) < 4.78 is 0. The summed E-state index contributed by atoms with van der Waals surface area (Å²) in [7, 11) is 0. The Morgan fingerprint density at radius 3 is 2.22 bits per heavy atom. The van der Waals surface area contributed by atoms with E-state index in [1.165, 1.54) is 58.7 Å². The van der Waals surface area contributed by atoms with Crippen molar-refractivity contribution in [2.45, 2.75) is 32.7 Å². The molecule has 0 unspecified atom stereocenters. The highest BCUT2D eigenvalue weighted by Gasteiger charge is 2.39. The predicted octanol–water partition coefficient (Wildman–Crippen LogP) is 1.26. The van der Waals surface area contributed by atoms with Gasteiger partial charge in [0.05, 0.1) is 0 Å². The molecule has 0 radical (unpaired) electrons. The molecule has 3 aliphatic rings. The van der Waals surface area contributed by atoms with Crippen molar-refractivity contribution in [1.82, 2.24) is 15.1 Å². The van der Waals surface area contributed by atoms with Gasteiger partial charge in [-0.25, -0.2) is 0 Å². The predicted molar refractivity (Wildman–Crippen MR) is 75.7 cm³/mol. The van der Waals surface area contributed by atoms with Gasteiger partial charge in [0.15, 0.2) is 0 Å². The van der Waals surface area contributed by atoms with E-state index in [0.717, 1.165) is 23.8 Å². The SMILES string of the molecule is CC(C)CN1CCC(N2C[C@H]3CNC[C@H]3C2)CC1. The van der Waals surface area contributed by atoms with Gasteiger partial charge in [-0.2, -0.15) is 0 Å². The van der Waals surface area contributed by atoms with Gasteiger partial charge in [0.2, 0.25) is 0 Å². The molecule has 0 aromatic heterocycles. The highest BCUT2D eigenvalue weighted by atomic mass is 15.2. The molecule has 3 aliphatic heterocycles. The summed E-state index contributed by atoms with van der Waals surface area (Å²) in [6.07, 6.45) is 2.80. The zero-order valence-electron chi connectivity index (χ0n) is 12.1. The van der Waals surface area contributed by atoms with Crippen LogP contribution in [0.25, 0.3) is 0 Å². The maximum atomic E-state index is 3.54. The average molecular weight is 251 g/mol. The van der Waals surface area contributed by atoms with Gasteiger partial charge in [-0.05, 0) is 56.8 Å². The van der Waals surface area contributed by atoms with Crippen molar-refractivity contribution in [3.05, 3.63) is 0 Å². The maximum absolute atomic E-state index is 3.54. The molecular weight excluding hydrogens is 222 g/mol. The highest BCUT2D eigenvalue weighted by Crippen LogP contribution is 2.30. The van der Waals surface area contributed by atoms with Crippen LogP contribution in [0, 0.1) is 17.8 Å². The Labute approximate surface area is 112 Å². The standard InChI is InChI=1S/C15H29N3/c1-12(2)9-17-5-3-15(4-6-17)18-10-13-7-16-8-14(13)11-18/h12-16H,3-11H2,1-2H3/t13-,14+. The third-order valence-electron chi connectivity index (χ3n) is 5.11. The number of nitrogens with one attached hydrogen (secondary N) is 1. The van der Waals surface area contributed by atoms with Crippen LogP contribution in [0.1, 0.15) is 26.7 Å². The van der Waals surface area contributed by atoms with Gasteiger partial charge >= 0.3 is 0 Å². The molecule has 3 rings (SSSR count). The van der Waals surface area contributed by atoms with E-state index in [0.29, 0.717) is 0 Å². The molecule has 3 nitrogen and oxygen atoms in total. The van der Waals surface area contributed by atoms with E-state index in [4.69, 9.17) is 0 Å². The number of likely N-dealkylation sites (tertiary alicyclic amines) is 2. The molecule has 3 heterocycles. The summed E-state index contributed by atoms with van der Waals surface area (Å²) in [6.45, 7) is 13.9. The van der Waals surface area contributed by atoms with Crippen molar-refractivity contribution in [2.75, 3.05) is 45.8 Å². The summed E-state index contributed by atoms with van der Waals surface area (Å²) in [5.41, 5.74) is 0. The summed E-state index contributed by atoms with van der Waals surface area (Å²) >= 11 is 0. The zero-order valence-corrected chi connectivity index (χ0v) is 12.1. The number of nitrogens with zero attached hydrogens (tertiary/aromatic N) is 2. The molecule has 104 valence electrons. The van der Waals surface area contributed by atoms with Crippen LogP contribution in [-0.2, 0) is 0 Å². The quantitative estimate of drug-likeness (QED) is 0.815. The molecule has 0 spiro atoms. The first-order valence-electron chi connectivity index (χ1n) is 7.89. The van der Waals surface area contributed by atoms with Crippen molar-refractivity contribution in [2.24, 2.45) is 17.8 Å². The second kappa shape index (κ2) is 5.48. The van der Waals surface area contributed by atoms with Gasteiger partial charge in [0, 0.05) is 25.7 Å². The van der Waals surface area contributed by atoms with E-state index >= 15 is 0 Å². The fourth-order valence-electron chi connectivity index (χ4n) is 4.17. The lowest BCUT2D eigenvalue weighted by Crippen LogP contribution is -2.45. The Kier molecular flexibility index (Phi) is 3.92. The van der Waals surface area contributed by atoms with E-state index in [2.05, 4.69) is 29.0 Å². The minimum absolute atomic E-state index is 0.818. The monoisotopic (exact) mass is 251 g/mol. The molecule has 0 aromatic carbocycles. The molecule has 2 atom stereocenters. The Morgan fingerprint density at radius 2 is 1.67 bits per heavy atom. The maximum Gasteiger partial charge on any atom is 0.0120 e. The normalized spacial score (nSPS) is 35.5. The summed E-state index contributed by atoms with van der Waals surface area (Å²) in [4.78, 5) is 5.47. The Balaban J connectivity index is 1.46. The van der Waals surface area contributed by atoms with E-state index < -0.39 is 0 Å². The lowest BCUT2D eigenvalue weighted by molar-refractivity contribution is 0.113. The van der Waals surface area contributed by atoms with Gasteiger partial charge in [0.25, 0.3) is 0 Å². The first-order chi connectivity index (χ1) is 8.72. The Hall–Kier alpha value is -0.120. The van der Waals surface area contributed by atoms with Gasteiger partial charge in [-0.1, -0.05) is 13.8 Å². The van der Waals surface area contributed by atoms with Crippen LogP contribution < -0.4 is 5.32 Å². The molecule has 0 bridgehead atoms. The van der Waals surface area contributed by atoms with Crippen LogP contribution in [0.4, 0.5) is 0 Å². The van der Waals surface area contributed by atoms with Crippen molar-refractivity contribution in [1.29, 1.82) is 0 Å². The van der Waals surface area contributed by atoms with Gasteiger partial charge in [-0.15, -0.1) is 0 Å². The smallest absolute Gasteiger partial charge is 0.0120 e. The van der Waals surface area contributed by atoms with Crippen molar-refractivity contribution >= 4 is 0 Å². The number of piperidine rings is 1. The minimum Gasteiger partial charge on any atom is -0.316 e. The Bertz CT molecular complexity index is 259. The third kappa shape index (κ3) is 2.73. The molecule has 18 heavy (non-hydrogen) atoms. The van der Waals surface area contributed by atoms with Crippen LogP contribution in [-0.4, -0.2) is 61.7 Å². The molecule has 0 aromatic rings. The molecule has 0 saturated carbocycles. The molecule has 0 aliphatic carbocycles. The number of rotatable bonds is 3. The van der Waals surface area contributed by atoms with Gasteiger partial charge in [0.1, 0.15) is 0 Å². The van der Waals surface area contributed by atoms with Crippen LogP contribution in [0.15, 0.2) is 0 Å². The molecule has 3 heteroatoms. The topological polar surface area (TPSA) is 18.5 Å². The lowest BCUT2D eigenvalue weighted by atomic mass is 10.0. The Morgan fingerprint density at radius 1 is 1.06 bits per heavy atom. The average Bonchev–Trinajstić information content (AvgIpc) is 2.89. The summed E-state index contributed by atoms with van der Waals surface area (Å²) in [6, 6.07) is 0.888. The van der Waals surface area contributed by atoms with Crippen molar-refractivity contribution < 1.29 is 0 Å². The van der Waals surface area contributed by atoms with Crippen LogP contribution >= 0.6 is 0 Å². The van der Waals surface area contributed by atoms with E-state index in [-0.39, 0.29) is 0 Å². The molecular formula is C15H29N3. The van der Waals surface area contributed by atoms with Crippen LogP contribution in [0.3, 0.4) is 0 Å². The van der Waals surface area contributed by atoms with Crippen LogP contribution in [0.2, 0.25) is 0 Å². The zero-order chi connectivity index (χ0) is 12.5. The number of hydrogen-bond acceptors (Lipinski definition) is 3. The highest BCUT2D eigenvalue weighted by molar-refractivity contribution is 4.94. The molecule has 0 amide bonds. The minimum atomic E-state index is 0.818. The third-order valence-corrected chi connectivity index (χ3v) is 5.11. The molecule has 3 saturated heterocycles. The molecule has 1 N–H and O–H groups in total. The lowest BCUT2D eigenvalue weighted by Gasteiger charge is -2.37. The van der Waals surface area contributed by atoms with E-state index in [1.807, 2.05) is 0 Å². The fraction of sp³-hybridized carbons (Fsp3) is 1.00. The first-order valence-corrected chi connectivity index (χ1v) is 7.89. The van der Waals surface area contributed by atoms with Gasteiger partial charge < -0.3 is 10.2 Å².